The van der Waals surface area contributed by atoms with Gasteiger partial charge in [0.25, 0.3) is 0 Å². The minimum absolute atomic E-state index is 0.398. The number of aromatic nitrogens is 1. The van der Waals surface area contributed by atoms with Gasteiger partial charge in [-0.3, -0.25) is 0 Å². The Balaban J connectivity index is 3.06. The molecule has 0 bridgehead atoms. The Morgan fingerprint density at radius 3 is 2.54 bits per heavy atom. The lowest BCUT2D eigenvalue weighted by Gasteiger charge is -1.93. The highest BCUT2D eigenvalue weighted by Gasteiger charge is 2.01. The molecule has 13 heavy (non-hydrogen) atoms. The zero-order valence-corrected chi connectivity index (χ0v) is 6.81. The first-order chi connectivity index (χ1) is 6.29. The Morgan fingerprint density at radius 1 is 1.00 bits per heavy atom. The van der Waals surface area contributed by atoms with Crippen molar-refractivity contribution in [1.82, 2.24) is 0 Å². The van der Waals surface area contributed by atoms with Crippen molar-refractivity contribution in [2.24, 2.45) is 0 Å². The lowest BCUT2D eigenvalue weighted by molar-refractivity contribution is -0.592. The van der Waals surface area contributed by atoms with Crippen molar-refractivity contribution >= 4 is 10.9 Å². The summed E-state index contributed by atoms with van der Waals surface area (Å²) in [5, 5.41) is 12.1. The van der Waals surface area contributed by atoms with Gasteiger partial charge in [0, 0.05) is 11.5 Å². The maximum atomic E-state index is 11.3. The molecule has 64 valence electrons. The van der Waals surface area contributed by atoms with Crippen molar-refractivity contribution in [3.8, 4) is 0 Å². The molecule has 0 saturated heterocycles. The molecule has 0 aliphatic rings. The predicted molar refractivity (Wildman–Crippen MR) is 49.2 cm³/mol. The molecular formula is C10H7NO2. The van der Waals surface area contributed by atoms with Crippen LogP contribution in [-0.2, 0) is 0 Å². The lowest BCUT2D eigenvalue weighted by atomic mass is 10.2. The molecule has 0 radical (unpaired) electrons. The number of para-hydroxylation sites is 1. The van der Waals surface area contributed by atoms with E-state index in [1.807, 2.05) is 6.07 Å². The Bertz CT molecular complexity index is 508. The fourth-order valence-corrected chi connectivity index (χ4v) is 1.23. The van der Waals surface area contributed by atoms with Crippen molar-refractivity contribution in [3.63, 3.8) is 0 Å². The third kappa shape index (κ3) is 1.24. The van der Waals surface area contributed by atoms with Crippen LogP contribution in [0.2, 0.25) is 0 Å². The predicted octanol–water partition coefficient (Wildman–Crippen LogP) is 0.833. The Kier molecular flexibility index (Phi) is 1.70. The average molecular weight is 173 g/mol. The lowest BCUT2D eigenvalue weighted by Crippen LogP contribution is -2.43. The van der Waals surface area contributed by atoms with Crippen LogP contribution < -0.4 is 10.3 Å². The molecule has 2 aromatic rings. The van der Waals surface area contributed by atoms with E-state index >= 15 is 0 Å². The van der Waals surface area contributed by atoms with Crippen molar-refractivity contribution in [2.45, 2.75) is 0 Å². The van der Waals surface area contributed by atoms with Gasteiger partial charge in [-0.05, 0) is 12.1 Å². The first kappa shape index (κ1) is 7.73. The third-order valence-corrected chi connectivity index (χ3v) is 1.87. The van der Waals surface area contributed by atoms with Gasteiger partial charge in [0.05, 0.1) is 6.07 Å². The molecule has 1 heterocycles. The summed E-state index contributed by atoms with van der Waals surface area (Å²) in [6, 6.07) is 11.6. The van der Waals surface area contributed by atoms with Crippen LogP contribution >= 0.6 is 0 Å². The SMILES string of the molecule is O=c1cccc2ccccc2[n+]1[O-]. The maximum Gasteiger partial charge on any atom is 0.423 e. The summed E-state index contributed by atoms with van der Waals surface area (Å²) in [6.07, 6.45) is 0. The van der Waals surface area contributed by atoms with Gasteiger partial charge in [-0.1, -0.05) is 18.2 Å². The number of benzene rings is 1. The van der Waals surface area contributed by atoms with Crippen LogP contribution in [0.4, 0.5) is 0 Å². The fourth-order valence-electron chi connectivity index (χ4n) is 1.23. The van der Waals surface area contributed by atoms with Crippen LogP contribution in [-0.4, -0.2) is 0 Å². The molecule has 0 N–H and O–H groups in total. The number of hydrogen-bond acceptors (Lipinski definition) is 2. The van der Waals surface area contributed by atoms with Crippen LogP contribution in [0.3, 0.4) is 0 Å². The molecule has 0 aliphatic heterocycles. The molecule has 0 aliphatic carbocycles. The van der Waals surface area contributed by atoms with E-state index in [1.165, 1.54) is 6.07 Å². The second-order valence-corrected chi connectivity index (χ2v) is 2.72. The van der Waals surface area contributed by atoms with E-state index in [0.29, 0.717) is 10.2 Å². The molecule has 3 nitrogen and oxygen atoms in total. The molecular weight excluding hydrogens is 166 g/mol. The van der Waals surface area contributed by atoms with E-state index in [4.69, 9.17) is 0 Å². The van der Waals surface area contributed by atoms with E-state index in [9.17, 15) is 10.0 Å². The zero-order chi connectivity index (χ0) is 9.26. The summed E-state index contributed by atoms with van der Waals surface area (Å²) in [5.41, 5.74) is -0.140. The molecule has 0 amide bonds. The first-order valence-electron chi connectivity index (χ1n) is 3.91. The Hall–Kier alpha value is -1.90. The van der Waals surface area contributed by atoms with Crippen molar-refractivity contribution in [1.29, 1.82) is 0 Å². The normalized spacial score (nSPS) is 10.2. The summed E-state index contributed by atoms with van der Waals surface area (Å²) in [5.74, 6) is 0. The zero-order valence-electron chi connectivity index (χ0n) is 6.81. The fraction of sp³-hybridized carbons (Fsp3) is 0. The first-order valence-corrected chi connectivity index (χ1v) is 3.91. The number of hydrogen-bond donors (Lipinski definition) is 0. The van der Waals surface area contributed by atoms with E-state index < -0.39 is 5.56 Å². The second-order valence-electron chi connectivity index (χ2n) is 2.72. The number of nitrogens with zero attached hydrogens (tertiary/aromatic N) is 1. The van der Waals surface area contributed by atoms with Gasteiger partial charge >= 0.3 is 5.56 Å². The molecule has 0 unspecified atom stereocenters. The minimum atomic E-state index is -0.541. The molecule has 3 heteroatoms. The van der Waals surface area contributed by atoms with Crippen LogP contribution in [0.1, 0.15) is 0 Å². The number of rotatable bonds is 0. The van der Waals surface area contributed by atoms with E-state index in [2.05, 4.69) is 0 Å². The van der Waals surface area contributed by atoms with Crippen LogP contribution in [0, 0.1) is 5.21 Å². The molecule has 0 fully saturated rings. The highest BCUT2D eigenvalue weighted by molar-refractivity contribution is 5.74. The second kappa shape index (κ2) is 2.86. The van der Waals surface area contributed by atoms with Crippen molar-refractivity contribution in [3.05, 3.63) is 58.0 Å². The van der Waals surface area contributed by atoms with Gasteiger partial charge in [-0.25, -0.2) is 4.79 Å². The van der Waals surface area contributed by atoms with E-state index in [0.717, 1.165) is 5.39 Å². The molecule has 0 spiro atoms. The summed E-state index contributed by atoms with van der Waals surface area (Å²) >= 11 is 0. The van der Waals surface area contributed by atoms with Crippen LogP contribution in [0.25, 0.3) is 10.9 Å². The highest BCUT2D eigenvalue weighted by Crippen LogP contribution is 2.05. The summed E-state index contributed by atoms with van der Waals surface area (Å²) in [4.78, 5) is 11.1. The maximum absolute atomic E-state index is 11.3. The van der Waals surface area contributed by atoms with E-state index in [1.54, 1.807) is 30.3 Å². The minimum Gasteiger partial charge on any atom is -0.615 e. The molecule has 1 aromatic heterocycles. The standard InChI is InChI=1S/C10H7NO2/c12-10-7-3-5-8-4-1-2-6-9(8)11(10)13/h1-7H. The molecule has 0 saturated carbocycles. The highest BCUT2D eigenvalue weighted by atomic mass is 16.5. The van der Waals surface area contributed by atoms with E-state index in [-0.39, 0.29) is 0 Å². The molecule has 0 atom stereocenters. The van der Waals surface area contributed by atoms with Gasteiger partial charge < -0.3 is 5.21 Å². The monoisotopic (exact) mass is 173 g/mol. The smallest absolute Gasteiger partial charge is 0.423 e. The quantitative estimate of drug-likeness (QED) is 0.437. The van der Waals surface area contributed by atoms with Gasteiger partial charge in [0.1, 0.15) is 0 Å². The van der Waals surface area contributed by atoms with Crippen molar-refractivity contribution in [2.75, 3.05) is 0 Å². The van der Waals surface area contributed by atoms with Gasteiger partial charge in [0.15, 0.2) is 0 Å². The average Bonchev–Trinajstić information content (AvgIpc) is 2.29. The van der Waals surface area contributed by atoms with Crippen LogP contribution in [0.5, 0.6) is 0 Å². The third-order valence-electron chi connectivity index (χ3n) is 1.87. The largest absolute Gasteiger partial charge is 0.615 e. The molecule has 1 aromatic carbocycles. The molecule has 2 rings (SSSR count). The van der Waals surface area contributed by atoms with Gasteiger partial charge in [-0.2, -0.15) is 0 Å². The summed E-state index contributed by atoms with van der Waals surface area (Å²) in [6.45, 7) is 0. The van der Waals surface area contributed by atoms with Gasteiger partial charge in [0.2, 0.25) is 5.52 Å². The van der Waals surface area contributed by atoms with Crippen molar-refractivity contribution < 1.29 is 4.73 Å². The summed E-state index contributed by atoms with van der Waals surface area (Å²) < 4.78 is 0.398. The Labute approximate surface area is 74.5 Å². The van der Waals surface area contributed by atoms with Crippen LogP contribution in [0.15, 0.2) is 47.3 Å². The summed E-state index contributed by atoms with van der Waals surface area (Å²) in [7, 11) is 0. The topological polar surface area (TPSA) is 44.0 Å². The number of fused-ring (bicyclic) bond motifs is 1. The Morgan fingerprint density at radius 2 is 1.69 bits per heavy atom. The van der Waals surface area contributed by atoms with Gasteiger partial charge in [-0.15, -0.1) is 4.73 Å².